The molecule has 9 heteroatoms. The highest BCUT2D eigenvalue weighted by molar-refractivity contribution is 5.97. The van der Waals surface area contributed by atoms with Gasteiger partial charge in [0.05, 0.1) is 0 Å². The van der Waals surface area contributed by atoms with Gasteiger partial charge in [0.15, 0.2) is 17.5 Å². The Hall–Kier alpha value is -4.79. The van der Waals surface area contributed by atoms with Crippen molar-refractivity contribution in [2.75, 3.05) is 5.32 Å². The smallest absolute Gasteiger partial charge is 0.248 e. The number of benzene rings is 3. The number of anilines is 2. The van der Waals surface area contributed by atoms with Crippen LogP contribution in [-0.2, 0) is 0 Å². The maximum absolute atomic E-state index is 15.4. The number of carbonyl (C=O) groups is 1. The van der Waals surface area contributed by atoms with Gasteiger partial charge in [0.25, 0.3) is 0 Å². The van der Waals surface area contributed by atoms with Gasteiger partial charge in [-0.1, -0.05) is 12.1 Å². The Bertz CT molecular complexity index is 1590. The van der Waals surface area contributed by atoms with E-state index in [2.05, 4.69) is 20.3 Å². The van der Waals surface area contributed by atoms with E-state index in [4.69, 9.17) is 5.73 Å². The number of amides is 1. The summed E-state index contributed by atoms with van der Waals surface area (Å²) in [5, 5.41) is 3.24. The number of primary amides is 1. The lowest BCUT2D eigenvalue weighted by Crippen LogP contribution is -2.10. The van der Waals surface area contributed by atoms with Gasteiger partial charge >= 0.3 is 0 Å². The highest BCUT2D eigenvalue weighted by Gasteiger charge is 2.16. The third kappa shape index (κ3) is 4.39. The van der Waals surface area contributed by atoms with Crippen LogP contribution in [0.2, 0.25) is 0 Å². The normalized spacial score (nSPS) is 10.9. The number of rotatable bonds is 5. The number of hydrogen-bond acceptors (Lipinski definition) is 5. The molecule has 0 aliphatic rings. The van der Waals surface area contributed by atoms with Gasteiger partial charge < -0.3 is 11.1 Å². The summed E-state index contributed by atoms with van der Waals surface area (Å²) in [5.74, 6) is -2.93. The topological polar surface area (TPSA) is 93.8 Å². The van der Waals surface area contributed by atoms with Crippen molar-refractivity contribution >= 4 is 28.3 Å². The van der Waals surface area contributed by atoms with E-state index in [-0.39, 0.29) is 28.4 Å². The minimum absolute atomic E-state index is 0.0127. The molecule has 0 aliphatic heterocycles. The summed E-state index contributed by atoms with van der Waals surface area (Å²) < 4.78 is 42.7. The van der Waals surface area contributed by atoms with Gasteiger partial charge in [-0.3, -0.25) is 9.78 Å². The predicted octanol–water partition coefficient (Wildman–Crippen LogP) is 5.62. The highest BCUT2D eigenvalue weighted by atomic mass is 19.2. The molecule has 0 atom stereocenters. The first-order chi connectivity index (χ1) is 16.9. The Morgan fingerprint density at radius 3 is 2.37 bits per heavy atom. The molecule has 0 fully saturated rings. The standard InChI is InChI=1S/C26H16F3N5O/c27-20-7-6-18(12-21(20)28)32-26-19-10-17(14-3-1-4-15(9-14)24(30)35)11-22(29)23(19)33-25(34-26)16-5-2-8-31-13-16/h1-13H,(H2,30,35)(H,32,33,34). The number of hydrogen-bond donors (Lipinski definition) is 2. The predicted molar refractivity (Wildman–Crippen MR) is 126 cm³/mol. The van der Waals surface area contributed by atoms with Gasteiger partial charge in [0.1, 0.15) is 17.2 Å². The minimum Gasteiger partial charge on any atom is -0.366 e. The van der Waals surface area contributed by atoms with E-state index < -0.39 is 23.4 Å². The summed E-state index contributed by atoms with van der Waals surface area (Å²) >= 11 is 0. The van der Waals surface area contributed by atoms with Crippen LogP contribution in [0.3, 0.4) is 0 Å². The van der Waals surface area contributed by atoms with Gasteiger partial charge in [-0.05, 0) is 59.7 Å². The van der Waals surface area contributed by atoms with Gasteiger partial charge in [-0.15, -0.1) is 0 Å². The number of carbonyl (C=O) groups excluding carboxylic acids is 1. The number of fused-ring (bicyclic) bond motifs is 1. The maximum Gasteiger partial charge on any atom is 0.248 e. The molecule has 0 saturated carbocycles. The number of halogens is 3. The lowest BCUT2D eigenvalue weighted by molar-refractivity contribution is 0.100. The van der Waals surface area contributed by atoms with Gasteiger partial charge in [0.2, 0.25) is 5.91 Å². The minimum atomic E-state index is -1.05. The van der Waals surface area contributed by atoms with E-state index in [0.717, 1.165) is 12.1 Å². The zero-order valence-electron chi connectivity index (χ0n) is 18.0. The first-order valence-corrected chi connectivity index (χ1v) is 10.4. The molecule has 5 aromatic rings. The van der Waals surface area contributed by atoms with E-state index in [1.54, 1.807) is 48.7 Å². The second-order valence-corrected chi connectivity index (χ2v) is 7.69. The maximum atomic E-state index is 15.4. The largest absolute Gasteiger partial charge is 0.366 e. The van der Waals surface area contributed by atoms with Crippen molar-refractivity contribution in [2.24, 2.45) is 5.73 Å². The molecule has 3 aromatic carbocycles. The van der Waals surface area contributed by atoms with E-state index in [0.29, 0.717) is 22.1 Å². The fraction of sp³-hybridized carbons (Fsp3) is 0. The Morgan fingerprint density at radius 1 is 0.800 bits per heavy atom. The second kappa shape index (κ2) is 8.86. The molecule has 5 rings (SSSR count). The monoisotopic (exact) mass is 471 g/mol. The number of nitrogens with one attached hydrogen (secondary N) is 1. The molecule has 0 bridgehead atoms. The number of nitrogens with two attached hydrogens (primary N) is 1. The summed E-state index contributed by atoms with van der Waals surface area (Å²) in [7, 11) is 0. The molecule has 0 unspecified atom stereocenters. The van der Waals surface area contributed by atoms with Gasteiger partial charge in [-0.2, -0.15) is 0 Å². The zero-order valence-corrected chi connectivity index (χ0v) is 18.0. The summed E-state index contributed by atoms with van der Waals surface area (Å²) in [6.07, 6.45) is 3.11. The summed E-state index contributed by atoms with van der Waals surface area (Å²) in [5.41, 5.74) is 7.42. The Labute approximate surface area is 197 Å². The van der Waals surface area contributed by atoms with Crippen molar-refractivity contribution < 1.29 is 18.0 Å². The average Bonchev–Trinajstić information content (AvgIpc) is 2.87. The number of aromatic nitrogens is 3. The molecule has 1 amide bonds. The molecule has 6 nitrogen and oxygen atoms in total. The highest BCUT2D eigenvalue weighted by Crippen LogP contribution is 2.33. The molecule has 2 aromatic heterocycles. The molecule has 3 N–H and O–H groups in total. The quantitative estimate of drug-likeness (QED) is 0.347. The van der Waals surface area contributed by atoms with Gasteiger partial charge in [-0.25, -0.2) is 23.1 Å². The van der Waals surface area contributed by atoms with Crippen LogP contribution in [0, 0.1) is 17.5 Å². The molecule has 0 saturated heterocycles. The Balaban J connectivity index is 1.72. The molecule has 2 heterocycles. The average molecular weight is 471 g/mol. The van der Waals surface area contributed by atoms with Crippen LogP contribution in [0.25, 0.3) is 33.4 Å². The summed E-state index contributed by atoms with van der Waals surface area (Å²) in [6, 6.07) is 16.1. The van der Waals surface area contributed by atoms with Crippen LogP contribution in [0.4, 0.5) is 24.7 Å². The van der Waals surface area contributed by atoms with Gasteiger partial charge in [0, 0.05) is 40.7 Å². The van der Waals surface area contributed by atoms with Crippen LogP contribution < -0.4 is 11.1 Å². The van der Waals surface area contributed by atoms with Crippen molar-refractivity contribution in [3.63, 3.8) is 0 Å². The van der Waals surface area contributed by atoms with E-state index >= 15 is 4.39 Å². The van der Waals surface area contributed by atoms with Crippen molar-refractivity contribution in [1.29, 1.82) is 0 Å². The van der Waals surface area contributed by atoms with E-state index in [9.17, 15) is 13.6 Å². The summed E-state index contributed by atoms with van der Waals surface area (Å²) in [4.78, 5) is 24.6. The molecule has 0 spiro atoms. The second-order valence-electron chi connectivity index (χ2n) is 7.69. The van der Waals surface area contributed by atoms with Crippen LogP contribution in [0.5, 0.6) is 0 Å². The van der Waals surface area contributed by atoms with E-state index in [1.165, 1.54) is 18.3 Å². The summed E-state index contributed by atoms with van der Waals surface area (Å²) in [6.45, 7) is 0. The van der Waals surface area contributed by atoms with E-state index in [1.807, 2.05) is 0 Å². The van der Waals surface area contributed by atoms with Crippen molar-refractivity contribution in [2.45, 2.75) is 0 Å². The molecular formula is C26H16F3N5O. The number of nitrogens with zero attached hydrogens (tertiary/aromatic N) is 3. The van der Waals surface area contributed by atoms with Crippen LogP contribution in [0.1, 0.15) is 10.4 Å². The van der Waals surface area contributed by atoms with Crippen molar-refractivity contribution in [3.05, 3.63) is 102 Å². The molecule has 172 valence electrons. The molecule has 0 radical (unpaired) electrons. The Kier molecular flexibility index (Phi) is 5.58. The first-order valence-electron chi connectivity index (χ1n) is 10.4. The van der Waals surface area contributed by atoms with Crippen LogP contribution in [-0.4, -0.2) is 20.9 Å². The fourth-order valence-corrected chi connectivity index (χ4v) is 3.64. The Morgan fingerprint density at radius 2 is 1.63 bits per heavy atom. The SMILES string of the molecule is NC(=O)c1cccc(-c2cc(F)c3nc(-c4cccnc4)nc(Nc4ccc(F)c(F)c4)c3c2)c1. The molecular weight excluding hydrogens is 455 g/mol. The van der Waals surface area contributed by atoms with Crippen LogP contribution in [0.15, 0.2) is 79.1 Å². The zero-order chi connectivity index (χ0) is 24.5. The lowest BCUT2D eigenvalue weighted by Gasteiger charge is -2.13. The number of pyridine rings is 1. The third-order valence-corrected chi connectivity index (χ3v) is 5.34. The third-order valence-electron chi connectivity index (χ3n) is 5.34. The molecule has 0 aliphatic carbocycles. The van der Waals surface area contributed by atoms with Crippen molar-refractivity contribution in [3.8, 4) is 22.5 Å². The van der Waals surface area contributed by atoms with Crippen molar-refractivity contribution in [1.82, 2.24) is 15.0 Å². The van der Waals surface area contributed by atoms with Crippen LogP contribution >= 0.6 is 0 Å². The first kappa shape index (κ1) is 22.0. The lowest BCUT2D eigenvalue weighted by atomic mass is 10.0. The molecule has 35 heavy (non-hydrogen) atoms. The fourth-order valence-electron chi connectivity index (χ4n) is 3.64.